The second kappa shape index (κ2) is 12.3. The molecular formula is C33H25ClN2O5. The molecule has 7 nitrogen and oxygen atoms in total. The fourth-order valence-corrected chi connectivity index (χ4v) is 4.48. The molecule has 1 unspecified atom stereocenters. The number of nitrogens with two attached hydrogens (primary N) is 1. The Balaban J connectivity index is 1.33. The Labute approximate surface area is 242 Å². The van der Waals surface area contributed by atoms with Crippen LogP contribution in [0.5, 0.6) is 23.0 Å². The topological polar surface area (TPSA) is 104 Å². The Kier molecular flexibility index (Phi) is 8.23. The first kappa shape index (κ1) is 27.4. The zero-order valence-corrected chi connectivity index (χ0v) is 22.6. The number of ether oxygens (including phenoxy) is 4. The van der Waals surface area contributed by atoms with E-state index >= 15 is 0 Å². The molecule has 0 aliphatic carbocycles. The van der Waals surface area contributed by atoms with Crippen molar-refractivity contribution in [3.8, 4) is 29.1 Å². The molecule has 2 N–H and O–H groups in total. The van der Waals surface area contributed by atoms with Crippen LogP contribution in [0.2, 0.25) is 5.02 Å². The summed E-state index contributed by atoms with van der Waals surface area (Å²) in [7, 11) is 0. The van der Waals surface area contributed by atoms with Crippen molar-refractivity contribution in [2.75, 3.05) is 6.61 Å². The highest BCUT2D eigenvalue weighted by molar-refractivity contribution is 6.30. The predicted octanol–water partition coefficient (Wildman–Crippen LogP) is 6.92. The second-order valence-electron chi connectivity index (χ2n) is 9.12. The van der Waals surface area contributed by atoms with E-state index in [0.717, 1.165) is 11.1 Å². The lowest BCUT2D eigenvalue weighted by molar-refractivity contribution is 0.0734. The van der Waals surface area contributed by atoms with E-state index in [0.29, 0.717) is 46.6 Å². The van der Waals surface area contributed by atoms with E-state index in [2.05, 4.69) is 12.6 Å². The molecule has 41 heavy (non-hydrogen) atoms. The van der Waals surface area contributed by atoms with Gasteiger partial charge in [0.05, 0.1) is 11.5 Å². The van der Waals surface area contributed by atoms with Crippen LogP contribution in [0.25, 0.3) is 0 Å². The lowest BCUT2D eigenvalue weighted by atomic mass is 9.83. The molecule has 1 atom stereocenters. The average Bonchev–Trinajstić information content (AvgIpc) is 2.99. The number of fused-ring (bicyclic) bond motifs is 1. The minimum Gasteiger partial charge on any atom is -0.490 e. The van der Waals surface area contributed by atoms with Crippen LogP contribution < -0.4 is 24.7 Å². The first-order valence-electron chi connectivity index (χ1n) is 12.7. The summed E-state index contributed by atoms with van der Waals surface area (Å²) in [6.45, 7) is 4.37. The van der Waals surface area contributed by atoms with Gasteiger partial charge in [0, 0.05) is 16.7 Å². The second-order valence-corrected chi connectivity index (χ2v) is 9.56. The van der Waals surface area contributed by atoms with Crippen molar-refractivity contribution in [2.24, 2.45) is 5.73 Å². The van der Waals surface area contributed by atoms with E-state index in [4.69, 9.17) is 36.3 Å². The molecule has 0 bridgehead atoms. The van der Waals surface area contributed by atoms with Gasteiger partial charge in [0.1, 0.15) is 47.9 Å². The highest BCUT2D eigenvalue weighted by Crippen LogP contribution is 2.43. The van der Waals surface area contributed by atoms with E-state index < -0.39 is 11.9 Å². The van der Waals surface area contributed by atoms with Gasteiger partial charge in [0.15, 0.2) is 0 Å². The Hall–Kier alpha value is -5.19. The fraction of sp³-hybridized carbons (Fsp3) is 0.0909. The van der Waals surface area contributed by atoms with Gasteiger partial charge in [-0.15, -0.1) is 0 Å². The first-order valence-corrected chi connectivity index (χ1v) is 13.1. The number of carbonyl (C=O) groups excluding carboxylic acids is 1. The van der Waals surface area contributed by atoms with Crippen LogP contribution in [-0.2, 0) is 6.61 Å². The molecule has 0 aromatic heterocycles. The van der Waals surface area contributed by atoms with Gasteiger partial charge >= 0.3 is 5.97 Å². The van der Waals surface area contributed by atoms with Gasteiger partial charge in [-0.2, -0.15) is 5.26 Å². The summed E-state index contributed by atoms with van der Waals surface area (Å²) in [5.74, 6) is 0.948. The van der Waals surface area contributed by atoms with E-state index in [1.807, 2.05) is 48.5 Å². The Morgan fingerprint density at radius 2 is 1.61 bits per heavy atom. The fourth-order valence-electron chi connectivity index (χ4n) is 4.35. The predicted molar refractivity (Wildman–Crippen MR) is 155 cm³/mol. The minimum atomic E-state index is -0.539. The van der Waals surface area contributed by atoms with Gasteiger partial charge in [-0.1, -0.05) is 54.6 Å². The van der Waals surface area contributed by atoms with Crippen molar-refractivity contribution in [1.82, 2.24) is 0 Å². The molecule has 0 radical (unpaired) electrons. The summed E-state index contributed by atoms with van der Waals surface area (Å²) in [5, 5.41) is 10.6. The molecule has 4 aromatic rings. The van der Waals surface area contributed by atoms with Crippen LogP contribution in [0.4, 0.5) is 0 Å². The summed E-state index contributed by atoms with van der Waals surface area (Å²) >= 11 is 5.95. The molecule has 1 aliphatic rings. The van der Waals surface area contributed by atoms with Crippen LogP contribution in [0.3, 0.4) is 0 Å². The third-order valence-corrected chi connectivity index (χ3v) is 6.64. The number of hydrogen-bond acceptors (Lipinski definition) is 7. The Morgan fingerprint density at radius 3 is 2.29 bits per heavy atom. The highest BCUT2D eigenvalue weighted by atomic mass is 35.5. The monoisotopic (exact) mass is 564 g/mol. The quantitative estimate of drug-likeness (QED) is 0.134. The van der Waals surface area contributed by atoms with Gasteiger partial charge in [-0.25, -0.2) is 4.79 Å². The number of nitriles is 1. The third kappa shape index (κ3) is 6.35. The van der Waals surface area contributed by atoms with Crippen molar-refractivity contribution < 1.29 is 23.7 Å². The van der Waals surface area contributed by atoms with E-state index in [1.54, 1.807) is 48.5 Å². The average molecular weight is 565 g/mol. The van der Waals surface area contributed by atoms with Gasteiger partial charge in [0.2, 0.25) is 5.88 Å². The van der Waals surface area contributed by atoms with E-state index in [1.165, 1.54) is 0 Å². The standard InChI is InChI=1S/C33H25ClN2O5/c1-2-17-38-25-13-7-23(8-14-25)33(37)40-27-15-16-28-30(18-27)41-32(36)29(19-35)31(28)22-5-11-26(12-6-22)39-20-21-3-9-24(34)10-4-21/h2-16,18,31H,1,17,20,36H2. The zero-order valence-electron chi connectivity index (χ0n) is 21.9. The number of esters is 1. The normalized spacial score (nSPS) is 13.8. The van der Waals surface area contributed by atoms with Gasteiger partial charge in [-0.05, 0) is 65.7 Å². The molecule has 204 valence electrons. The maximum atomic E-state index is 12.7. The number of hydrogen-bond donors (Lipinski definition) is 1. The molecule has 0 saturated heterocycles. The molecule has 1 heterocycles. The van der Waals surface area contributed by atoms with Crippen molar-refractivity contribution in [3.05, 3.63) is 142 Å². The SMILES string of the molecule is C=CCOc1ccc(C(=O)Oc2ccc3c(c2)OC(N)=C(C#N)C3c2ccc(OCc3ccc(Cl)cc3)cc2)cc1. The summed E-state index contributed by atoms with van der Waals surface area (Å²) < 4.78 is 22.7. The van der Waals surface area contributed by atoms with Crippen molar-refractivity contribution in [3.63, 3.8) is 0 Å². The maximum Gasteiger partial charge on any atom is 0.343 e. The van der Waals surface area contributed by atoms with Crippen LogP contribution in [-0.4, -0.2) is 12.6 Å². The molecule has 4 aromatic carbocycles. The molecule has 1 aliphatic heterocycles. The van der Waals surface area contributed by atoms with Crippen molar-refractivity contribution >= 4 is 17.6 Å². The maximum absolute atomic E-state index is 12.7. The van der Waals surface area contributed by atoms with Crippen LogP contribution in [0.1, 0.15) is 33.0 Å². The molecule has 0 spiro atoms. The number of rotatable bonds is 9. The lowest BCUT2D eigenvalue weighted by Gasteiger charge is -2.26. The van der Waals surface area contributed by atoms with Gasteiger partial charge < -0.3 is 24.7 Å². The van der Waals surface area contributed by atoms with E-state index in [9.17, 15) is 10.1 Å². The molecule has 5 rings (SSSR count). The number of nitrogens with zero attached hydrogens (tertiary/aromatic N) is 1. The first-order chi connectivity index (χ1) is 19.9. The smallest absolute Gasteiger partial charge is 0.343 e. The number of carbonyl (C=O) groups is 1. The summed E-state index contributed by atoms with van der Waals surface area (Å²) in [6.07, 6.45) is 1.64. The van der Waals surface area contributed by atoms with Crippen molar-refractivity contribution in [1.29, 1.82) is 5.26 Å². The highest BCUT2D eigenvalue weighted by Gasteiger charge is 2.31. The lowest BCUT2D eigenvalue weighted by Crippen LogP contribution is -2.21. The zero-order chi connectivity index (χ0) is 28.8. The minimum absolute atomic E-state index is 0.00773. The Bertz CT molecular complexity index is 1640. The number of halogens is 1. The largest absolute Gasteiger partial charge is 0.490 e. The molecule has 0 amide bonds. The summed E-state index contributed by atoms with van der Waals surface area (Å²) in [5.41, 5.74) is 9.33. The summed E-state index contributed by atoms with van der Waals surface area (Å²) in [4.78, 5) is 12.7. The molecule has 8 heteroatoms. The van der Waals surface area contributed by atoms with E-state index in [-0.39, 0.29) is 17.2 Å². The summed E-state index contributed by atoms with van der Waals surface area (Å²) in [6, 6.07) is 28.7. The number of allylic oxidation sites excluding steroid dienone is 1. The van der Waals surface area contributed by atoms with Crippen LogP contribution >= 0.6 is 11.6 Å². The van der Waals surface area contributed by atoms with Crippen LogP contribution in [0.15, 0.2) is 115 Å². The number of benzene rings is 4. The third-order valence-electron chi connectivity index (χ3n) is 6.39. The van der Waals surface area contributed by atoms with Crippen LogP contribution in [0, 0.1) is 11.3 Å². The molecule has 0 fully saturated rings. The molecule has 0 saturated carbocycles. The Morgan fingerprint density at radius 1 is 0.951 bits per heavy atom. The molecular weight excluding hydrogens is 540 g/mol. The van der Waals surface area contributed by atoms with Gasteiger partial charge in [0.25, 0.3) is 0 Å². The van der Waals surface area contributed by atoms with Crippen molar-refractivity contribution in [2.45, 2.75) is 12.5 Å². The van der Waals surface area contributed by atoms with Gasteiger partial charge in [-0.3, -0.25) is 0 Å².